The van der Waals surface area contributed by atoms with Gasteiger partial charge in [0.1, 0.15) is 11.9 Å². The van der Waals surface area contributed by atoms with Crippen molar-refractivity contribution in [2.75, 3.05) is 25.1 Å². The Morgan fingerprint density at radius 2 is 1.74 bits per heavy atom. The predicted molar refractivity (Wildman–Crippen MR) is 141 cm³/mol. The van der Waals surface area contributed by atoms with Gasteiger partial charge in [-0.25, -0.2) is 4.79 Å². The highest BCUT2D eigenvalue weighted by Gasteiger charge is 2.26. The molecule has 0 amide bonds. The van der Waals surface area contributed by atoms with Gasteiger partial charge in [-0.1, -0.05) is 54.6 Å². The molecule has 5 heteroatoms. The third kappa shape index (κ3) is 4.86. The number of carbonyl (C=O) groups is 1. The maximum absolute atomic E-state index is 11.8. The number of hydrogen-bond donors (Lipinski definition) is 1. The zero-order chi connectivity index (χ0) is 24.2. The third-order valence-corrected chi connectivity index (χ3v) is 6.64. The zero-order valence-corrected chi connectivity index (χ0v) is 20.1. The summed E-state index contributed by atoms with van der Waals surface area (Å²) in [6.07, 6.45) is 0.914. The minimum atomic E-state index is -0.330. The van der Waals surface area contributed by atoms with Gasteiger partial charge in [-0.05, 0) is 72.6 Å². The Hall–Kier alpha value is -3.83. The smallest absolute Gasteiger partial charge is 0.337 e. The van der Waals surface area contributed by atoms with Crippen LogP contribution in [0.25, 0.3) is 10.8 Å². The Kier molecular flexibility index (Phi) is 6.68. The molecule has 1 heterocycles. The van der Waals surface area contributed by atoms with Crippen molar-refractivity contribution >= 4 is 28.1 Å². The van der Waals surface area contributed by atoms with E-state index in [1.165, 1.54) is 23.4 Å². The second kappa shape index (κ2) is 10.2. The normalized spacial score (nSPS) is 15.8. The third-order valence-electron chi connectivity index (χ3n) is 6.64. The van der Waals surface area contributed by atoms with Gasteiger partial charge in [-0.15, -0.1) is 0 Å². The van der Waals surface area contributed by atoms with Crippen LogP contribution in [0.1, 0.15) is 35.3 Å². The molecule has 0 fully saturated rings. The van der Waals surface area contributed by atoms with Crippen molar-refractivity contribution < 1.29 is 14.3 Å². The monoisotopic (exact) mass is 466 g/mol. The fourth-order valence-electron chi connectivity index (χ4n) is 4.79. The van der Waals surface area contributed by atoms with E-state index in [9.17, 15) is 4.79 Å². The van der Waals surface area contributed by atoms with Crippen molar-refractivity contribution in [1.29, 1.82) is 0 Å². The summed E-state index contributed by atoms with van der Waals surface area (Å²) in [7, 11) is 1.40. The lowest BCUT2D eigenvalue weighted by atomic mass is 9.99. The molecule has 5 rings (SSSR count). The Bertz CT molecular complexity index is 1310. The van der Waals surface area contributed by atoms with Gasteiger partial charge in [-0.2, -0.15) is 0 Å². The maximum atomic E-state index is 11.8. The number of benzene rings is 4. The molecule has 0 radical (unpaired) electrons. The summed E-state index contributed by atoms with van der Waals surface area (Å²) in [5.74, 6) is 0.547. The van der Waals surface area contributed by atoms with Gasteiger partial charge in [0.05, 0.1) is 24.9 Å². The van der Waals surface area contributed by atoms with Crippen LogP contribution in [0, 0.1) is 0 Å². The van der Waals surface area contributed by atoms with Crippen LogP contribution >= 0.6 is 0 Å². The molecule has 4 aromatic carbocycles. The van der Waals surface area contributed by atoms with Crippen LogP contribution in [0.4, 0.5) is 11.4 Å². The number of nitrogens with zero attached hydrogens (tertiary/aromatic N) is 1. The molecule has 0 aromatic heterocycles. The van der Waals surface area contributed by atoms with E-state index < -0.39 is 0 Å². The number of esters is 1. The second-order valence-electron chi connectivity index (χ2n) is 8.89. The number of para-hydroxylation sites is 2. The topological polar surface area (TPSA) is 50.8 Å². The first-order valence-corrected chi connectivity index (χ1v) is 12.1. The Morgan fingerprint density at radius 1 is 1.00 bits per heavy atom. The van der Waals surface area contributed by atoms with Crippen LogP contribution in [0.15, 0.2) is 91.0 Å². The van der Waals surface area contributed by atoms with Crippen molar-refractivity contribution in [3.63, 3.8) is 0 Å². The summed E-state index contributed by atoms with van der Waals surface area (Å²) >= 11 is 0. The first kappa shape index (κ1) is 22.9. The molecule has 0 saturated carbocycles. The van der Waals surface area contributed by atoms with Gasteiger partial charge in [0, 0.05) is 11.7 Å². The van der Waals surface area contributed by atoms with Crippen molar-refractivity contribution in [1.82, 2.24) is 5.32 Å². The molecular weight excluding hydrogens is 436 g/mol. The van der Waals surface area contributed by atoms with Gasteiger partial charge in [0.15, 0.2) is 0 Å². The van der Waals surface area contributed by atoms with E-state index in [0.29, 0.717) is 5.56 Å². The molecule has 1 aliphatic rings. The van der Waals surface area contributed by atoms with E-state index in [1.807, 2.05) is 42.5 Å². The lowest BCUT2D eigenvalue weighted by Crippen LogP contribution is -2.39. The van der Waals surface area contributed by atoms with Crippen molar-refractivity contribution in [3.8, 4) is 5.75 Å². The van der Waals surface area contributed by atoms with Crippen LogP contribution in [0.3, 0.4) is 0 Å². The number of fused-ring (bicyclic) bond motifs is 2. The van der Waals surface area contributed by atoms with E-state index in [1.54, 1.807) is 0 Å². The van der Waals surface area contributed by atoms with Crippen LogP contribution < -0.4 is 15.0 Å². The molecule has 0 saturated heterocycles. The molecule has 1 aliphatic heterocycles. The van der Waals surface area contributed by atoms with E-state index >= 15 is 0 Å². The molecule has 1 N–H and O–H groups in total. The summed E-state index contributed by atoms with van der Waals surface area (Å²) in [5, 5.41) is 6.25. The van der Waals surface area contributed by atoms with E-state index in [-0.39, 0.29) is 18.1 Å². The largest absolute Gasteiger partial charge is 0.486 e. The van der Waals surface area contributed by atoms with Gasteiger partial charge in [0.2, 0.25) is 0 Å². The average Bonchev–Trinajstić information content (AvgIpc) is 2.92. The number of hydrogen-bond acceptors (Lipinski definition) is 5. The van der Waals surface area contributed by atoms with Crippen molar-refractivity contribution in [3.05, 3.63) is 102 Å². The van der Waals surface area contributed by atoms with E-state index in [0.717, 1.165) is 36.6 Å². The van der Waals surface area contributed by atoms with Gasteiger partial charge in [0.25, 0.3) is 0 Å². The molecule has 178 valence electrons. The minimum Gasteiger partial charge on any atom is -0.486 e. The van der Waals surface area contributed by atoms with E-state index in [4.69, 9.17) is 9.47 Å². The minimum absolute atomic E-state index is 0.0393. The number of nitrogens with one attached hydrogen (secondary N) is 1. The quantitative estimate of drug-likeness (QED) is 0.326. The molecule has 2 atom stereocenters. The fraction of sp³-hybridized carbons (Fsp3) is 0.233. The molecule has 0 bridgehead atoms. The fourth-order valence-corrected chi connectivity index (χ4v) is 4.79. The summed E-state index contributed by atoms with van der Waals surface area (Å²) in [6, 6.07) is 30.9. The highest BCUT2D eigenvalue weighted by atomic mass is 16.5. The van der Waals surface area contributed by atoms with Crippen LogP contribution in [0.2, 0.25) is 0 Å². The Labute approximate surface area is 206 Å². The number of rotatable bonds is 7. The molecule has 2 unspecified atom stereocenters. The first-order valence-electron chi connectivity index (χ1n) is 12.1. The Balaban J connectivity index is 1.28. The SMILES string of the molecule is COC(=O)c1ccc(N2CC(CCNC(C)c3cccc4ccccc34)Oc3ccccc32)cc1. The summed E-state index contributed by atoms with van der Waals surface area (Å²) < 4.78 is 11.2. The van der Waals surface area contributed by atoms with Crippen molar-refractivity contribution in [2.45, 2.75) is 25.5 Å². The van der Waals surface area contributed by atoms with Gasteiger partial charge >= 0.3 is 5.97 Å². The highest BCUT2D eigenvalue weighted by molar-refractivity contribution is 5.90. The predicted octanol–water partition coefficient (Wildman–Crippen LogP) is 6.27. The van der Waals surface area contributed by atoms with Crippen LogP contribution in [-0.2, 0) is 4.74 Å². The lowest BCUT2D eigenvalue weighted by molar-refractivity contribution is 0.0600. The second-order valence-corrected chi connectivity index (χ2v) is 8.89. The number of carbonyl (C=O) groups excluding carboxylic acids is 1. The van der Waals surface area contributed by atoms with Gasteiger partial charge < -0.3 is 19.7 Å². The molecule has 0 spiro atoms. The Morgan fingerprint density at radius 3 is 2.57 bits per heavy atom. The molecular formula is C30H30N2O3. The van der Waals surface area contributed by atoms with Crippen LogP contribution in [-0.4, -0.2) is 32.3 Å². The number of anilines is 2. The van der Waals surface area contributed by atoms with Gasteiger partial charge in [-0.3, -0.25) is 0 Å². The summed E-state index contributed by atoms with van der Waals surface area (Å²) in [6.45, 7) is 3.79. The van der Waals surface area contributed by atoms with Crippen molar-refractivity contribution in [2.24, 2.45) is 0 Å². The van der Waals surface area contributed by atoms with Crippen LogP contribution in [0.5, 0.6) is 5.75 Å². The molecule has 4 aromatic rings. The average molecular weight is 467 g/mol. The van der Waals surface area contributed by atoms with E-state index in [2.05, 4.69) is 65.7 Å². The first-order chi connectivity index (χ1) is 17.1. The summed E-state index contributed by atoms with van der Waals surface area (Å²) in [5.41, 5.74) is 3.91. The maximum Gasteiger partial charge on any atom is 0.337 e. The molecule has 5 nitrogen and oxygen atoms in total. The zero-order valence-electron chi connectivity index (χ0n) is 20.1. The summed E-state index contributed by atoms with van der Waals surface area (Å²) in [4.78, 5) is 14.1. The number of methoxy groups -OCH3 is 1. The molecule has 0 aliphatic carbocycles. The highest BCUT2D eigenvalue weighted by Crippen LogP contribution is 2.38. The standard InChI is InChI=1S/C30H30N2O3/c1-21(26-11-7-9-22-8-3-4-10-27(22)26)31-19-18-25-20-32(28-12-5-6-13-29(28)35-25)24-16-14-23(15-17-24)30(33)34-2/h3-17,21,25,31H,18-20H2,1-2H3. The lowest BCUT2D eigenvalue weighted by Gasteiger charge is -2.36. The molecule has 35 heavy (non-hydrogen) atoms. The number of ether oxygens (including phenoxy) is 2.